The van der Waals surface area contributed by atoms with Crippen LogP contribution in [0.25, 0.3) is 0 Å². The summed E-state index contributed by atoms with van der Waals surface area (Å²) in [6.45, 7) is 0. The van der Waals surface area contributed by atoms with Crippen molar-refractivity contribution in [3.8, 4) is 0 Å². The van der Waals surface area contributed by atoms with E-state index >= 15 is 0 Å². The Balaban J connectivity index is 2.11. The summed E-state index contributed by atoms with van der Waals surface area (Å²) in [5, 5.41) is 0.738. The molecule has 96 valence electrons. The van der Waals surface area contributed by atoms with Crippen molar-refractivity contribution < 1.29 is 4.79 Å². The fraction of sp³-hybridized carbons (Fsp3) is 0.188. The van der Waals surface area contributed by atoms with Crippen LogP contribution in [0, 0.1) is 0 Å². The molecule has 0 unspecified atom stereocenters. The first-order chi connectivity index (χ1) is 9.16. The number of halogens is 1. The van der Waals surface area contributed by atoms with Crippen molar-refractivity contribution in [2.45, 2.75) is 18.8 Å². The van der Waals surface area contributed by atoms with Gasteiger partial charge in [-0.3, -0.25) is 4.79 Å². The Hall–Kier alpha value is -1.80. The van der Waals surface area contributed by atoms with Gasteiger partial charge in [0.15, 0.2) is 0 Å². The summed E-state index contributed by atoms with van der Waals surface area (Å²) in [5.74, 6) is -0.150. The first kappa shape index (κ1) is 12.2. The highest BCUT2D eigenvalue weighted by Gasteiger charge is 2.26. The number of rotatable bonds is 2. The molecule has 2 nitrogen and oxygen atoms in total. The predicted molar refractivity (Wildman–Crippen MR) is 76.6 cm³/mol. The Morgan fingerprint density at radius 2 is 1.95 bits per heavy atom. The van der Waals surface area contributed by atoms with E-state index in [4.69, 9.17) is 17.3 Å². The summed E-state index contributed by atoms with van der Waals surface area (Å²) in [5.41, 5.74) is 9.63. The standard InChI is InChI=1S/C16H14ClNO/c17-11-7-5-10-6-8-13(15(10)9-11)12-3-1-2-4-14(12)16(18)19/h1-5,7,9,13H,6,8H2,(H2,18,19)/t13-/m0/s1. The summed E-state index contributed by atoms with van der Waals surface area (Å²) in [7, 11) is 0. The molecule has 1 atom stereocenters. The number of aryl methyl sites for hydroxylation is 1. The van der Waals surface area contributed by atoms with Crippen molar-refractivity contribution in [2.24, 2.45) is 5.73 Å². The lowest BCUT2D eigenvalue weighted by Gasteiger charge is -2.15. The largest absolute Gasteiger partial charge is 0.366 e. The quantitative estimate of drug-likeness (QED) is 0.892. The molecule has 0 radical (unpaired) electrons. The number of carbonyl (C=O) groups excluding carboxylic acids is 1. The fourth-order valence-corrected chi connectivity index (χ4v) is 3.10. The number of primary amides is 1. The number of amides is 1. The molecule has 0 fully saturated rings. The van der Waals surface area contributed by atoms with E-state index < -0.39 is 0 Å². The monoisotopic (exact) mass is 271 g/mol. The van der Waals surface area contributed by atoms with Crippen LogP contribution in [0.15, 0.2) is 42.5 Å². The zero-order valence-corrected chi connectivity index (χ0v) is 11.2. The molecule has 0 aliphatic heterocycles. The van der Waals surface area contributed by atoms with Crippen LogP contribution in [-0.2, 0) is 6.42 Å². The van der Waals surface area contributed by atoms with Crippen molar-refractivity contribution in [1.29, 1.82) is 0 Å². The van der Waals surface area contributed by atoms with Crippen molar-refractivity contribution >= 4 is 17.5 Å². The summed E-state index contributed by atoms with van der Waals surface area (Å²) in [6.07, 6.45) is 2.02. The van der Waals surface area contributed by atoms with Gasteiger partial charge in [0.25, 0.3) is 0 Å². The van der Waals surface area contributed by atoms with Crippen LogP contribution in [0.3, 0.4) is 0 Å². The topological polar surface area (TPSA) is 43.1 Å². The Morgan fingerprint density at radius 1 is 1.16 bits per heavy atom. The third-order valence-corrected chi connectivity index (χ3v) is 4.02. The van der Waals surface area contributed by atoms with Crippen LogP contribution in [0.4, 0.5) is 0 Å². The molecular weight excluding hydrogens is 258 g/mol. The first-order valence-electron chi connectivity index (χ1n) is 6.34. The molecule has 19 heavy (non-hydrogen) atoms. The minimum atomic E-state index is -0.369. The first-order valence-corrected chi connectivity index (χ1v) is 6.71. The van der Waals surface area contributed by atoms with Crippen LogP contribution >= 0.6 is 11.6 Å². The van der Waals surface area contributed by atoms with Crippen molar-refractivity contribution in [3.05, 3.63) is 69.7 Å². The van der Waals surface area contributed by atoms with E-state index in [0.717, 1.165) is 23.4 Å². The van der Waals surface area contributed by atoms with E-state index in [1.54, 1.807) is 6.07 Å². The van der Waals surface area contributed by atoms with Gasteiger partial charge in [-0.25, -0.2) is 0 Å². The molecule has 2 aromatic rings. The summed E-state index contributed by atoms with van der Waals surface area (Å²) in [4.78, 5) is 11.6. The highest BCUT2D eigenvalue weighted by Crippen LogP contribution is 2.40. The van der Waals surface area contributed by atoms with Gasteiger partial charge in [-0.05, 0) is 47.7 Å². The maximum absolute atomic E-state index is 11.6. The predicted octanol–water partition coefficient (Wildman–Crippen LogP) is 3.52. The van der Waals surface area contributed by atoms with Crippen molar-refractivity contribution in [2.75, 3.05) is 0 Å². The molecule has 0 saturated carbocycles. The van der Waals surface area contributed by atoms with Gasteiger partial charge < -0.3 is 5.73 Å². The van der Waals surface area contributed by atoms with Crippen LogP contribution in [0.2, 0.25) is 5.02 Å². The third kappa shape index (κ3) is 2.13. The second-order valence-corrected chi connectivity index (χ2v) is 5.32. The molecule has 3 rings (SSSR count). The molecule has 1 amide bonds. The average Bonchev–Trinajstić information content (AvgIpc) is 2.81. The van der Waals surface area contributed by atoms with E-state index in [2.05, 4.69) is 6.07 Å². The van der Waals surface area contributed by atoms with Gasteiger partial charge in [-0.1, -0.05) is 35.9 Å². The van der Waals surface area contributed by atoms with Crippen LogP contribution < -0.4 is 5.73 Å². The molecule has 0 spiro atoms. The number of carbonyl (C=O) groups is 1. The minimum absolute atomic E-state index is 0.220. The van der Waals surface area contributed by atoms with Crippen LogP contribution in [0.5, 0.6) is 0 Å². The van der Waals surface area contributed by atoms with E-state index in [1.165, 1.54) is 11.1 Å². The highest BCUT2D eigenvalue weighted by atomic mass is 35.5. The average molecular weight is 272 g/mol. The lowest BCUT2D eigenvalue weighted by molar-refractivity contribution is 0.0999. The van der Waals surface area contributed by atoms with Gasteiger partial charge >= 0.3 is 0 Å². The van der Waals surface area contributed by atoms with Crippen LogP contribution in [-0.4, -0.2) is 5.91 Å². The minimum Gasteiger partial charge on any atom is -0.366 e. The van der Waals surface area contributed by atoms with Gasteiger partial charge in [0.05, 0.1) is 0 Å². The summed E-state index contributed by atoms with van der Waals surface area (Å²) < 4.78 is 0. The van der Waals surface area contributed by atoms with Gasteiger partial charge in [0.2, 0.25) is 5.91 Å². The molecule has 2 N–H and O–H groups in total. The number of fused-ring (bicyclic) bond motifs is 1. The maximum atomic E-state index is 11.6. The molecule has 0 bridgehead atoms. The Kier molecular flexibility index (Phi) is 3.03. The second-order valence-electron chi connectivity index (χ2n) is 4.89. The molecule has 2 aromatic carbocycles. The summed E-state index contributed by atoms with van der Waals surface area (Å²) in [6, 6.07) is 13.6. The smallest absolute Gasteiger partial charge is 0.248 e. The molecular formula is C16H14ClNO. The lowest BCUT2D eigenvalue weighted by Crippen LogP contribution is -2.15. The van der Waals surface area contributed by atoms with E-state index in [1.807, 2.05) is 30.3 Å². The molecule has 0 saturated heterocycles. The number of hydrogen-bond acceptors (Lipinski definition) is 1. The van der Waals surface area contributed by atoms with Crippen LogP contribution in [0.1, 0.15) is 39.4 Å². The molecule has 3 heteroatoms. The van der Waals surface area contributed by atoms with Gasteiger partial charge in [-0.15, -0.1) is 0 Å². The Labute approximate surface area is 117 Å². The highest BCUT2D eigenvalue weighted by molar-refractivity contribution is 6.30. The van der Waals surface area contributed by atoms with Gasteiger partial charge in [0.1, 0.15) is 0 Å². The third-order valence-electron chi connectivity index (χ3n) is 3.79. The van der Waals surface area contributed by atoms with E-state index in [0.29, 0.717) is 5.56 Å². The second kappa shape index (κ2) is 4.71. The normalized spacial score (nSPS) is 17.2. The molecule has 0 aromatic heterocycles. The van der Waals surface area contributed by atoms with Crippen molar-refractivity contribution in [1.82, 2.24) is 0 Å². The van der Waals surface area contributed by atoms with E-state index in [-0.39, 0.29) is 11.8 Å². The molecule has 1 aliphatic carbocycles. The molecule has 1 aliphatic rings. The van der Waals surface area contributed by atoms with Gasteiger partial charge in [0, 0.05) is 16.5 Å². The number of benzene rings is 2. The fourth-order valence-electron chi connectivity index (χ4n) is 2.92. The zero-order valence-electron chi connectivity index (χ0n) is 10.4. The van der Waals surface area contributed by atoms with Crippen molar-refractivity contribution in [3.63, 3.8) is 0 Å². The summed E-state index contributed by atoms with van der Waals surface area (Å²) >= 11 is 6.09. The maximum Gasteiger partial charge on any atom is 0.248 e. The van der Waals surface area contributed by atoms with Gasteiger partial charge in [-0.2, -0.15) is 0 Å². The Morgan fingerprint density at radius 3 is 2.74 bits per heavy atom. The Bertz CT molecular complexity index is 651. The number of hydrogen-bond donors (Lipinski definition) is 1. The lowest BCUT2D eigenvalue weighted by atomic mass is 9.89. The number of nitrogens with two attached hydrogens (primary N) is 1. The zero-order chi connectivity index (χ0) is 13.4. The van der Waals surface area contributed by atoms with E-state index in [9.17, 15) is 4.79 Å². The molecule has 0 heterocycles. The SMILES string of the molecule is NC(=O)c1ccccc1[C@@H]1CCc2ccc(Cl)cc21.